The topological polar surface area (TPSA) is 393 Å². The Morgan fingerprint density at radius 2 is 1.73 bits per heavy atom. The van der Waals surface area contributed by atoms with Crippen LogP contribution in [0.15, 0.2) is 48.7 Å². The van der Waals surface area contributed by atoms with E-state index < -0.39 is 54.0 Å². The van der Waals surface area contributed by atoms with Gasteiger partial charge in [0, 0.05) is 36.8 Å². The first kappa shape index (κ1) is 51.2. The van der Waals surface area contributed by atoms with Gasteiger partial charge in [-0.15, -0.1) is 21.5 Å². The molecule has 0 fully saturated rings. The summed E-state index contributed by atoms with van der Waals surface area (Å²) >= 11 is 1.10. The summed E-state index contributed by atoms with van der Waals surface area (Å²) in [7, 11) is 0. The fourth-order valence-electron chi connectivity index (χ4n) is 7.06. The summed E-state index contributed by atoms with van der Waals surface area (Å²) in [5.74, 6) is -4.44. The molecule has 1 unspecified atom stereocenters. The Kier molecular flexibility index (Phi) is 17.3. The number of fused-ring (bicyclic) bond motifs is 1. The summed E-state index contributed by atoms with van der Waals surface area (Å²) in [5, 5.41) is 50.7. The zero-order chi connectivity index (χ0) is 50.5. The number of rotatable bonds is 24. The first-order valence-electron chi connectivity index (χ1n) is 22.1. The minimum Gasteiger partial charge on any atom is -0.480 e. The Morgan fingerprint density at radius 3 is 2.44 bits per heavy atom. The minimum atomic E-state index is -1.27. The normalized spacial score (nSPS) is 14.5. The van der Waals surface area contributed by atoms with E-state index in [1.165, 1.54) is 48.4 Å². The predicted molar refractivity (Wildman–Crippen MR) is 254 cm³/mol. The minimum absolute atomic E-state index is 0.0199. The number of carboxylic acids is 1. The maximum absolute atomic E-state index is 13.5. The summed E-state index contributed by atoms with van der Waals surface area (Å²) < 4.78 is 0. The Morgan fingerprint density at radius 1 is 0.929 bits per heavy atom. The van der Waals surface area contributed by atoms with E-state index in [0.717, 1.165) is 11.3 Å². The fourth-order valence-corrected chi connectivity index (χ4v) is 7.86. The van der Waals surface area contributed by atoms with Crippen molar-refractivity contribution >= 4 is 86.4 Å². The van der Waals surface area contributed by atoms with Crippen molar-refractivity contribution in [3.8, 4) is 11.4 Å². The SMILES string of the molecule is CC(C)[C@H](NC(=O)CCCCCN1C(=O)C=CC1O)C(=O)N[C@@H](C)C(=O)Nc1ccc(C(=O)NCCC[C@H](NC(=O)c2ccc(NCc3cnc4nc(N)nc(N)c4n3)s2)C(=O)O)c(-c2nn[nH]n2)c1. The number of aliphatic hydroxyl groups is 1. The molecule has 1 aliphatic rings. The van der Waals surface area contributed by atoms with Crippen molar-refractivity contribution in [1.82, 2.24) is 66.7 Å². The van der Waals surface area contributed by atoms with Gasteiger partial charge >= 0.3 is 5.97 Å². The number of hydrogen-bond acceptors (Lipinski definition) is 19. The molecule has 13 N–H and O–H groups in total. The van der Waals surface area contributed by atoms with Gasteiger partial charge in [0.05, 0.1) is 33.9 Å². The van der Waals surface area contributed by atoms with Crippen LogP contribution < -0.4 is 43.4 Å². The molecule has 370 valence electrons. The second kappa shape index (κ2) is 23.7. The molecule has 6 amide bonds. The second-order valence-corrected chi connectivity index (χ2v) is 17.5. The Hall–Kier alpha value is -8.20. The first-order valence-corrected chi connectivity index (χ1v) is 22.9. The van der Waals surface area contributed by atoms with Gasteiger partial charge in [-0.05, 0) is 80.1 Å². The molecule has 0 saturated heterocycles. The number of aliphatic carboxylic acids is 1. The molecule has 27 heteroatoms. The largest absolute Gasteiger partial charge is 0.480 e. The summed E-state index contributed by atoms with van der Waals surface area (Å²) in [6.45, 7) is 5.59. The van der Waals surface area contributed by atoms with Crippen LogP contribution in [0.25, 0.3) is 22.6 Å². The molecule has 5 aromatic rings. The number of carbonyl (C=O) groups excluding carboxylic acids is 6. The van der Waals surface area contributed by atoms with Gasteiger partial charge in [0.15, 0.2) is 17.0 Å². The maximum Gasteiger partial charge on any atom is 0.326 e. The molecule has 70 heavy (non-hydrogen) atoms. The highest BCUT2D eigenvalue weighted by molar-refractivity contribution is 7.17. The van der Waals surface area contributed by atoms with Gasteiger partial charge in [-0.2, -0.15) is 15.2 Å². The molecule has 0 aliphatic carbocycles. The summed E-state index contributed by atoms with van der Waals surface area (Å²) in [5.41, 5.74) is 13.1. The number of amides is 6. The molecule has 26 nitrogen and oxygen atoms in total. The first-order chi connectivity index (χ1) is 33.5. The molecule has 4 atom stereocenters. The van der Waals surface area contributed by atoms with Gasteiger partial charge < -0.3 is 58.5 Å². The molecule has 0 bridgehead atoms. The van der Waals surface area contributed by atoms with Crippen molar-refractivity contribution in [2.75, 3.05) is 35.2 Å². The van der Waals surface area contributed by atoms with Gasteiger partial charge in [-0.25, -0.2) is 14.8 Å². The zero-order valence-corrected chi connectivity index (χ0v) is 39.1. The molecule has 1 aromatic carbocycles. The van der Waals surface area contributed by atoms with Crippen molar-refractivity contribution < 1.29 is 43.8 Å². The third kappa shape index (κ3) is 13.7. The van der Waals surface area contributed by atoms with Crippen LogP contribution in [0, 0.1) is 5.92 Å². The Labute approximate surface area is 403 Å². The van der Waals surface area contributed by atoms with Gasteiger partial charge in [-0.1, -0.05) is 20.3 Å². The van der Waals surface area contributed by atoms with Crippen LogP contribution in [0.1, 0.15) is 85.0 Å². The maximum atomic E-state index is 13.5. The number of nitrogen functional groups attached to an aromatic ring is 2. The zero-order valence-electron chi connectivity index (χ0n) is 38.3. The molecule has 5 heterocycles. The fraction of sp³-hybridized carbons (Fsp3) is 0.395. The van der Waals surface area contributed by atoms with E-state index in [4.69, 9.17) is 11.5 Å². The van der Waals surface area contributed by atoms with E-state index in [2.05, 4.69) is 72.5 Å². The lowest BCUT2D eigenvalue weighted by Gasteiger charge is -2.24. The van der Waals surface area contributed by atoms with E-state index in [-0.39, 0.29) is 95.0 Å². The smallest absolute Gasteiger partial charge is 0.326 e. The highest BCUT2D eigenvalue weighted by atomic mass is 32.1. The number of hydrogen-bond donors (Lipinski definition) is 11. The van der Waals surface area contributed by atoms with Crippen molar-refractivity contribution in [2.24, 2.45) is 5.92 Å². The van der Waals surface area contributed by atoms with Gasteiger partial charge in [-0.3, -0.25) is 28.8 Å². The molecule has 0 saturated carbocycles. The van der Waals surface area contributed by atoms with Crippen LogP contribution in [0.5, 0.6) is 0 Å². The van der Waals surface area contributed by atoms with Crippen LogP contribution in [0.4, 0.5) is 22.5 Å². The van der Waals surface area contributed by atoms with Crippen molar-refractivity contribution in [1.29, 1.82) is 0 Å². The highest BCUT2D eigenvalue weighted by Crippen LogP contribution is 2.26. The number of thiophene rings is 1. The molecule has 6 rings (SSSR count). The van der Waals surface area contributed by atoms with Crippen molar-refractivity contribution in [2.45, 2.75) is 90.2 Å². The third-order valence-electron chi connectivity index (χ3n) is 10.8. The number of anilines is 4. The lowest BCUT2D eigenvalue weighted by molar-refractivity contribution is -0.139. The number of tetrazole rings is 1. The van der Waals surface area contributed by atoms with E-state index >= 15 is 0 Å². The molecular weight excluding hydrogens is 931 g/mol. The molecule has 1 aliphatic heterocycles. The Balaban J connectivity index is 0.955. The number of carbonyl (C=O) groups is 7. The quantitative estimate of drug-likeness (QED) is 0.0379. The summed E-state index contributed by atoms with van der Waals surface area (Å²) in [6, 6.07) is 4.30. The van der Waals surface area contributed by atoms with Crippen molar-refractivity contribution in [3.05, 3.63) is 64.8 Å². The van der Waals surface area contributed by atoms with E-state index in [9.17, 15) is 43.8 Å². The number of unbranched alkanes of at least 4 members (excludes halogenated alkanes) is 2. The monoisotopic (exact) mass is 983 g/mol. The van der Waals surface area contributed by atoms with Crippen LogP contribution in [-0.4, -0.2) is 135 Å². The summed E-state index contributed by atoms with van der Waals surface area (Å²) in [6.07, 6.45) is 5.27. The molecular formula is C43H53N17O9S. The van der Waals surface area contributed by atoms with Gasteiger partial charge in [0.25, 0.3) is 11.8 Å². The Bertz CT molecular complexity index is 2750. The number of carboxylic acid groups (broad SMARTS) is 1. The second-order valence-electron chi connectivity index (χ2n) is 16.4. The number of nitrogens with two attached hydrogens (primary N) is 2. The van der Waals surface area contributed by atoms with Crippen LogP contribution >= 0.6 is 11.3 Å². The number of benzene rings is 1. The van der Waals surface area contributed by atoms with Crippen molar-refractivity contribution in [3.63, 3.8) is 0 Å². The summed E-state index contributed by atoms with van der Waals surface area (Å²) in [4.78, 5) is 108. The third-order valence-corrected chi connectivity index (χ3v) is 11.8. The van der Waals surface area contributed by atoms with Gasteiger partial charge in [0.1, 0.15) is 24.4 Å². The average molecular weight is 984 g/mol. The van der Waals surface area contributed by atoms with Crippen LogP contribution in [-0.2, 0) is 30.5 Å². The standard InChI is InChI=1S/C43H53N17O9S/c1-21(2)33(53-29(61)9-5-4-6-17-60-31(62)14-15-32(60)63)41(67)49-22(3)38(64)51-23-10-11-25(26(18-23)36-56-58-59-57-36)39(65)46-16-7-8-27(42(68)69)52-40(66)28-12-13-30(70-28)47-19-24-20-48-37-34(50-24)35(44)54-43(45)55-37/h10-15,18,20-22,27,31,33,47,62H,4-9,16-17,19H2,1-3H3,(H,46,65)(H,49,67)(H,51,64)(H,52,66)(H,53,61)(H,68,69)(H,56,57,58,59)(H4,44,45,48,54,55)/t22-,27-,31?,33-/m0/s1. The highest BCUT2D eigenvalue weighted by Gasteiger charge is 2.28. The van der Waals surface area contributed by atoms with Crippen LogP contribution in [0.2, 0.25) is 0 Å². The number of nitrogens with one attached hydrogen (secondary N) is 7. The number of nitrogens with zero attached hydrogens (tertiary/aromatic N) is 8. The predicted octanol–water partition coefficient (Wildman–Crippen LogP) is 0.692. The molecule has 0 radical (unpaired) electrons. The van der Waals surface area contributed by atoms with E-state index in [0.29, 0.717) is 42.0 Å². The van der Waals surface area contributed by atoms with E-state index in [1.54, 1.807) is 26.0 Å². The molecule has 4 aromatic heterocycles. The lowest BCUT2D eigenvalue weighted by atomic mass is 10.0. The lowest BCUT2D eigenvalue weighted by Crippen LogP contribution is -2.53. The molecule has 0 spiro atoms. The number of H-pyrrole nitrogens is 1. The number of aliphatic hydroxyl groups excluding tert-OH is 1. The van der Waals surface area contributed by atoms with E-state index in [1.807, 2.05) is 0 Å². The number of aromatic amines is 1. The number of aromatic nitrogens is 8. The van der Waals surface area contributed by atoms with Crippen LogP contribution in [0.3, 0.4) is 0 Å². The van der Waals surface area contributed by atoms with Gasteiger partial charge in [0.2, 0.25) is 35.4 Å². The average Bonchev–Trinajstić information content (AvgIpc) is 4.11.